The number of carbonyl (C=O) groups excluding carboxylic acids is 8. The maximum Gasteiger partial charge on any atom is 0.426 e. The molecule has 15 heterocycles. The molecule has 4 saturated heterocycles. The van der Waals surface area contributed by atoms with Gasteiger partial charge in [-0.25, -0.2) is 65.5 Å². The predicted molar refractivity (Wildman–Crippen MR) is 549 cm³/mol. The molecule has 0 spiro atoms. The van der Waals surface area contributed by atoms with Crippen LogP contribution in [0.5, 0.6) is 0 Å². The second-order valence-electron chi connectivity index (χ2n) is 44.2. The summed E-state index contributed by atoms with van der Waals surface area (Å²) >= 11 is 0. The second-order valence-corrected chi connectivity index (χ2v) is 44.2. The minimum Gasteiger partial charge on any atom is -0.373 e. The molecular formula is C109H122F7N25O9. The summed E-state index contributed by atoms with van der Waals surface area (Å²) in [4.78, 5) is 156. The SMILES string of the molecule is CC(C)(C)c1cc(-c2ccc(F)cc2)nn2cc(C(=O)N3CCN(C4=CCN=C4)C(=O)C3(C)C)nc12.CC(C)c1cc(-c2ccc(F)cc2)nn2cc(C(=O)N3CCN(C(=O)C(C)(O)C(F)(F)F)CC3(C)C)nc12.Cc1[nH]cnc1C(=O)N1CCN(C(=O)c2cn3nc(-c4ccc(F)cc4)cc(C(C)(C)C)c3n2)C(C)(C)C1.Cc1ncc(C(=O)N2CCN(C(=O)c3cn4nc(-c5ccc(F)cc5)cc(C(C)(C)C)c4n3)C(C)(C)C2)[nH]1. The average Bonchev–Trinajstić information content (AvgIpc) is 1.57. The number of benzene rings is 4. The summed E-state index contributed by atoms with van der Waals surface area (Å²) in [5.41, 5.74) is 6.91. The van der Waals surface area contributed by atoms with E-state index in [2.05, 4.69) is 107 Å². The normalized spacial score (nSPS) is 16.7. The lowest BCUT2D eigenvalue weighted by atomic mass is 9.87. The summed E-state index contributed by atoms with van der Waals surface area (Å²) in [6.07, 6.45) is 7.93. The number of allylic oxidation sites excluding steroid dienone is 1. The molecule has 0 saturated carbocycles. The van der Waals surface area contributed by atoms with Crippen molar-refractivity contribution in [1.82, 2.24) is 118 Å². The lowest BCUT2D eigenvalue weighted by Crippen LogP contribution is -2.66. The van der Waals surface area contributed by atoms with Crippen LogP contribution in [0.25, 0.3) is 67.6 Å². The number of piperazine rings is 4. The van der Waals surface area contributed by atoms with E-state index in [9.17, 15) is 74.2 Å². The first kappa shape index (κ1) is 107. The van der Waals surface area contributed by atoms with Crippen LogP contribution in [0, 0.1) is 37.1 Å². The number of rotatable bonds is 13. The summed E-state index contributed by atoms with van der Waals surface area (Å²) < 4.78 is 99.9. The fraction of sp³-hybridized carbons (Fsp3) is 0.404. The summed E-state index contributed by atoms with van der Waals surface area (Å²) in [6, 6.07) is 32.1. The Labute approximate surface area is 861 Å². The van der Waals surface area contributed by atoms with Crippen molar-refractivity contribution < 1.29 is 74.2 Å². The number of imidazole rings is 6. The number of nitrogens with zero attached hydrogens (tertiary/aromatic N) is 23. The van der Waals surface area contributed by atoms with Crippen LogP contribution in [0.15, 0.2) is 175 Å². The smallest absolute Gasteiger partial charge is 0.373 e. The van der Waals surface area contributed by atoms with Crippen molar-refractivity contribution in [2.75, 3.05) is 78.5 Å². The van der Waals surface area contributed by atoms with Gasteiger partial charge < -0.3 is 54.3 Å². The molecule has 41 heteroatoms. The number of fused-ring (bicyclic) bond motifs is 4. The average molecular weight is 2060 g/mol. The Hall–Kier alpha value is -15.6. The number of aliphatic imine (C=N–C) groups is 1. The molecule has 786 valence electrons. The van der Waals surface area contributed by atoms with Gasteiger partial charge in [0.1, 0.15) is 68.8 Å². The zero-order valence-corrected chi connectivity index (χ0v) is 87.9. The lowest BCUT2D eigenvalue weighted by Gasteiger charge is -2.48. The van der Waals surface area contributed by atoms with Gasteiger partial charge in [0, 0.05) is 128 Å². The van der Waals surface area contributed by atoms with E-state index < -0.39 is 45.7 Å². The van der Waals surface area contributed by atoms with E-state index in [-0.39, 0.29) is 123 Å². The largest absolute Gasteiger partial charge is 0.426 e. The molecule has 1 atom stereocenters. The standard InChI is InChI=1S/2C28H32FN7O2.C27H29FN6O2.C26H29F4N5O3/c1-17-23(31-16-30-17)26(38)34-11-12-35(28(5,6)15-34)25(37)22-14-36-24(32-22)20(27(2,3)4)13-21(33-36)18-7-9-19(29)10-8-18;1-17-30-14-22(31-17)25(37)34-11-12-35(28(5,6)16-34)26(38)23-15-36-24(32-23)20(27(2,3)4)13-21(33-36)18-7-9-19(29)10-8-18;1-26(2,3)20-14-21(17-6-8-18(28)9-7-17)31-34-16-22(30-23(20)34)24(35)33-13-12-32(19-10-11-29-15-19)25(36)27(33,4)5;1-15(2)18-12-19(16-6-8-17(27)9-7-16)32-35-13-20(31-21(18)35)22(36)34-11-10-33(14-24(34,3)4)23(37)25(5,38)26(28,29)30/h7-10,13-14,16H,11-12,15H2,1-6H3,(H,30,31);7-10,13-15H,11-12,16H2,1-6H3,(H,30,31);6-10,14-16H,11-13H2,1-5H3;6-9,12-13,15,38H,10-11,14H2,1-5H3. The molecule has 150 heavy (non-hydrogen) atoms. The van der Waals surface area contributed by atoms with Gasteiger partial charge in [-0.15, -0.1) is 0 Å². The highest BCUT2D eigenvalue weighted by molar-refractivity contribution is 6.02. The van der Waals surface area contributed by atoms with Gasteiger partial charge in [0.15, 0.2) is 22.6 Å². The highest BCUT2D eigenvalue weighted by Gasteiger charge is 2.59. The van der Waals surface area contributed by atoms with Crippen molar-refractivity contribution in [2.45, 2.75) is 208 Å². The first-order chi connectivity index (χ1) is 70.2. The minimum atomic E-state index is -5.13. The molecule has 19 rings (SSSR count). The molecule has 8 amide bonds. The van der Waals surface area contributed by atoms with E-state index in [1.54, 1.807) is 157 Å². The summed E-state index contributed by atoms with van der Waals surface area (Å²) in [6.45, 7) is 44.4. The van der Waals surface area contributed by atoms with Crippen LogP contribution in [-0.4, -0.2) is 289 Å². The highest BCUT2D eigenvalue weighted by Crippen LogP contribution is 2.40. The monoisotopic (exact) mass is 2060 g/mol. The molecule has 0 radical (unpaired) electrons. The number of amides is 8. The Morgan fingerprint density at radius 1 is 0.427 bits per heavy atom. The Bertz CT molecular complexity index is 7660. The third-order valence-corrected chi connectivity index (χ3v) is 27.6. The number of aromatic nitrogens is 16. The van der Waals surface area contributed by atoms with Crippen molar-refractivity contribution in [3.05, 3.63) is 262 Å². The number of carbonyl (C=O) groups is 8. The molecule has 0 bridgehead atoms. The van der Waals surface area contributed by atoms with Gasteiger partial charge in [-0.2, -0.15) is 33.6 Å². The third-order valence-electron chi connectivity index (χ3n) is 27.6. The Balaban J connectivity index is 0.000000142. The molecule has 14 aromatic rings. The highest BCUT2D eigenvalue weighted by atomic mass is 19.4. The molecule has 4 aromatic carbocycles. The fourth-order valence-corrected chi connectivity index (χ4v) is 19.1. The van der Waals surface area contributed by atoms with Crippen LogP contribution >= 0.6 is 0 Å². The van der Waals surface area contributed by atoms with Crippen molar-refractivity contribution in [3.63, 3.8) is 0 Å². The number of hydrogen-bond acceptors (Lipinski definition) is 20. The van der Waals surface area contributed by atoms with E-state index in [0.717, 1.165) is 55.2 Å². The predicted octanol–water partition coefficient (Wildman–Crippen LogP) is 16.4. The first-order valence-corrected chi connectivity index (χ1v) is 49.3. The Kier molecular flexibility index (Phi) is 28.7. The van der Waals surface area contributed by atoms with Crippen molar-refractivity contribution in [3.8, 4) is 45.0 Å². The minimum absolute atomic E-state index is 0.0254. The van der Waals surface area contributed by atoms with E-state index >= 15 is 0 Å². The number of nitrogens with one attached hydrogen (secondary N) is 2. The molecule has 5 aliphatic heterocycles. The third kappa shape index (κ3) is 21.7. The van der Waals surface area contributed by atoms with Gasteiger partial charge in [0.2, 0.25) is 5.60 Å². The number of alkyl halides is 3. The van der Waals surface area contributed by atoms with E-state index in [0.29, 0.717) is 134 Å². The number of aryl methyl sites for hydroxylation is 2. The number of hydrogen-bond donors (Lipinski definition) is 3. The van der Waals surface area contributed by atoms with Gasteiger partial charge in [-0.3, -0.25) is 43.3 Å². The molecule has 34 nitrogen and oxygen atoms in total. The van der Waals surface area contributed by atoms with Crippen LogP contribution in [-0.2, 0) is 25.8 Å². The lowest BCUT2D eigenvalue weighted by molar-refractivity contribution is -0.251. The number of halogens is 7. The Morgan fingerprint density at radius 3 is 1.09 bits per heavy atom. The van der Waals surface area contributed by atoms with Gasteiger partial charge in [-0.05, 0) is 226 Å². The van der Waals surface area contributed by atoms with Gasteiger partial charge in [0.05, 0.1) is 88.9 Å². The van der Waals surface area contributed by atoms with Crippen LogP contribution in [0.1, 0.15) is 241 Å². The van der Waals surface area contributed by atoms with Crippen molar-refractivity contribution >= 4 is 76.1 Å². The molecule has 10 aromatic heterocycles. The number of aliphatic hydroxyl groups is 1. The molecule has 5 aliphatic rings. The number of H-pyrrole nitrogens is 2. The number of aromatic amines is 2. The van der Waals surface area contributed by atoms with Crippen molar-refractivity contribution in [1.29, 1.82) is 0 Å². The zero-order valence-electron chi connectivity index (χ0n) is 87.9. The first-order valence-electron chi connectivity index (χ1n) is 49.3. The maximum absolute atomic E-state index is 13.8. The van der Waals surface area contributed by atoms with Gasteiger partial charge in [0.25, 0.3) is 47.3 Å². The summed E-state index contributed by atoms with van der Waals surface area (Å²) in [7, 11) is 0. The molecule has 3 N–H and O–H groups in total. The molecule has 0 aliphatic carbocycles. The second kappa shape index (κ2) is 40.1. The molecule has 4 fully saturated rings. The van der Waals surface area contributed by atoms with Gasteiger partial charge in [-0.1, -0.05) is 76.2 Å². The van der Waals surface area contributed by atoms with Gasteiger partial charge >= 0.3 is 6.18 Å². The van der Waals surface area contributed by atoms with Crippen LogP contribution in [0.4, 0.5) is 30.7 Å². The fourth-order valence-electron chi connectivity index (χ4n) is 19.1. The Morgan fingerprint density at radius 2 is 0.767 bits per heavy atom. The quantitative estimate of drug-likeness (QED) is 0.0903. The van der Waals surface area contributed by atoms with Crippen LogP contribution < -0.4 is 0 Å². The van der Waals surface area contributed by atoms with E-state index in [4.69, 9.17) is 20.2 Å². The van der Waals surface area contributed by atoms with E-state index in [1.165, 1.54) is 70.5 Å². The molecule has 1 unspecified atom stereocenters. The zero-order chi connectivity index (χ0) is 109. The van der Waals surface area contributed by atoms with Crippen LogP contribution in [0.2, 0.25) is 0 Å². The maximum atomic E-state index is 13.8. The van der Waals surface area contributed by atoms with Crippen molar-refractivity contribution in [2.24, 2.45) is 4.99 Å². The van der Waals surface area contributed by atoms with Crippen LogP contribution in [0.3, 0.4) is 0 Å². The summed E-state index contributed by atoms with van der Waals surface area (Å²) in [5, 5.41) is 28.5. The topological polar surface area (TPSA) is 373 Å². The van der Waals surface area contributed by atoms with E-state index in [1.807, 2.05) is 78.8 Å². The summed E-state index contributed by atoms with van der Waals surface area (Å²) in [5.74, 6) is -3.73. The molecular weight excluding hydrogens is 1940 g/mol.